The van der Waals surface area contributed by atoms with Crippen LogP contribution in [0.1, 0.15) is 16.7 Å². The van der Waals surface area contributed by atoms with Gasteiger partial charge in [-0.1, -0.05) is 24.3 Å². The van der Waals surface area contributed by atoms with Gasteiger partial charge in [0.2, 0.25) is 0 Å². The van der Waals surface area contributed by atoms with E-state index in [-0.39, 0.29) is 0 Å². The van der Waals surface area contributed by atoms with Gasteiger partial charge in [0.15, 0.2) is 0 Å². The van der Waals surface area contributed by atoms with Gasteiger partial charge in [-0.15, -0.1) is 0 Å². The molecule has 0 saturated carbocycles. The molecule has 2 aromatic carbocycles. The maximum atomic E-state index is 8.27. The Hall–Kier alpha value is -1.36. The number of aryl methyl sites for hydroxylation is 1. The smallest absolute Gasteiger partial charge is 0.0708 e. The Morgan fingerprint density at radius 1 is 1.12 bits per heavy atom. The monoisotopic (exact) mass is 336 g/mol. The topological polar surface area (TPSA) is 49.9 Å². The number of halogens is 1. The second-order valence-electron chi connectivity index (χ2n) is 3.92. The zero-order valence-electron chi connectivity index (χ0n) is 9.50. The first-order valence-electron chi connectivity index (χ1n) is 5.29. The third-order valence-corrected chi connectivity index (χ3v) is 3.37. The van der Waals surface area contributed by atoms with Crippen LogP contribution in [-0.2, 0) is 0 Å². The van der Waals surface area contributed by atoms with Gasteiger partial charge in [-0.2, -0.15) is 0 Å². The first kappa shape index (κ1) is 12.1. The van der Waals surface area contributed by atoms with Gasteiger partial charge in [0, 0.05) is 20.4 Å². The first-order chi connectivity index (χ1) is 8.09. The van der Waals surface area contributed by atoms with Crippen molar-refractivity contribution in [3.63, 3.8) is 0 Å². The summed E-state index contributed by atoms with van der Waals surface area (Å²) in [5.41, 5.74) is 9.89. The Kier molecular flexibility index (Phi) is 3.47. The van der Waals surface area contributed by atoms with Gasteiger partial charge in [-0.05, 0) is 53.3 Å². The van der Waals surface area contributed by atoms with Gasteiger partial charge < -0.3 is 5.73 Å². The van der Waals surface area contributed by atoms with Gasteiger partial charge in [0.05, 0.1) is 5.71 Å². The molecule has 0 atom stereocenters. The summed E-state index contributed by atoms with van der Waals surface area (Å²) in [5, 5.41) is 8.27. The molecule has 0 heterocycles. The van der Waals surface area contributed by atoms with Crippen molar-refractivity contribution in [2.24, 2.45) is 0 Å². The fourth-order valence-electron chi connectivity index (χ4n) is 1.74. The molecule has 86 valence electrons. The largest absolute Gasteiger partial charge is 0.398 e. The van der Waals surface area contributed by atoms with Crippen LogP contribution < -0.4 is 5.73 Å². The molecule has 0 bridgehead atoms. The van der Waals surface area contributed by atoms with Crippen molar-refractivity contribution in [2.45, 2.75) is 6.92 Å². The average Bonchev–Trinajstić information content (AvgIpc) is 2.32. The van der Waals surface area contributed by atoms with Crippen LogP contribution in [0, 0.1) is 15.9 Å². The van der Waals surface area contributed by atoms with Crippen molar-refractivity contribution in [1.29, 1.82) is 5.41 Å². The van der Waals surface area contributed by atoms with Crippen LogP contribution in [0.3, 0.4) is 0 Å². The van der Waals surface area contributed by atoms with E-state index in [1.54, 1.807) is 0 Å². The highest BCUT2D eigenvalue weighted by atomic mass is 127. The molecule has 3 N–H and O–H groups in total. The summed E-state index contributed by atoms with van der Waals surface area (Å²) < 4.78 is 1.09. The van der Waals surface area contributed by atoms with Crippen molar-refractivity contribution < 1.29 is 0 Å². The number of hydrogen-bond donors (Lipinski definition) is 2. The third kappa shape index (κ3) is 2.49. The number of nitrogen functional groups attached to an aromatic ring is 1. The molecule has 2 aromatic rings. The quantitative estimate of drug-likeness (QED) is 0.491. The minimum atomic E-state index is 0.485. The molecule has 0 unspecified atom stereocenters. The van der Waals surface area contributed by atoms with Gasteiger partial charge in [-0.25, -0.2) is 0 Å². The highest BCUT2D eigenvalue weighted by molar-refractivity contribution is 14.1. The SMILES string of the molecule is Cc1ccccc1C(=N)c1cc(I)ccc1N. The molecule has 0 fully saturated rings. The fourth-order valence-corrected chi connectivity index (χ4v) is 2.23. The van der Waals surface area contributed by atoms with Crippen molar-refractivity contribution >= 4 is 34.0 Å². The molecule has 0 spiro atoms. The normalized spacial score (nSPS) is 10.2. The molecule has 17 heavy (non-hydrogen) atoms. The summed E-state index contributed by atoms with van der Waals surface area (Å²) in [7, 11) is 0. The lowest BCUT2D eigenvalue weighted by Crippen LogP contribution is -2.07. The zero-order chi connectivity index (χ0) is 12.4. The number of anilines is 1. The zero-order valence-corrected chi connectivity index (χ0v) is 11.7. The molecule has 2 rings (SSSR count). The number of benzene rings is 2. The Morgan fingerprint density at radius 2 is 1.82 bits per heavy atom. The lowest BCUT2D eigenvalue weighted by Gasteiger charge is -2.10. The van der Waals surface area contributed by atoms with E-state index in [0.717, 1.165) is 20.3 Å². The average molecular weight is 336 g/mol. The number of nitrogens with one attached hydrogen (secondary N) is 1. The maximum absolute atomic E-state index is 8.27. The van der Waals surface area contributed by atoms with Crippen molar-refractivity contribution in [2.75, 3.05) is 5.73 Å². The van der Waals surface area contributed by atoms with Crippen LogP contribution in [0.5, 0.6) is 0 Å². The molecule has 2 nitrogen and oxygen atoms in total. The van der Waals surface area contributed by atoms with E-state index in [1.165, 1.54) is 0 Å². The summed E-state index contributed by atoms with van der Waals surface area (Å²) in [6.45, 7) is 2.01. The van der Waals surface area contributed by atoms with E-state index in [2.05, 4.69) is 22.6 Å². The van der Waals surface area contributed by atoms with Gasteiger partial charge in [0.1, 0.15) is 0 Å². The van der Waals surface area contributed by atoms with Crippen LogP contribution in [0.15, 0.2) is 42.5 Å². The lowest BCUT2D eigenvalue weighted by molar-refractivity contribution is 1.39. The van der Waals surface area contributed by atoms with Gasteiger partial charge >= 0.3 is 0 Å². The van der Waals surface area contributed by atoms with E-state index in [9.17, 15) is 0 Å². The number of hydrogen-bond acceptors (Lipinski definition) is 2. The Bertz CT molecular complexity index is 576. The third-order valence-electron chi connectivity index (χ3n) is 2.70. The molecule has 0 saturated heterocycles. The van der Waals surface area contributed by atoms with Crippen molar-refractivity contribution in [3.05, 3.63) is 62.7 Å². The van der Waals surface area contributed by atoms with E-state index in [4.69, 9.17) is 11.1 Å². The van der Waals surface area contributed by atoms with Crippen LogP contribution >= 0.6 is 22.6 Å². The molecule has 0 aliphatic heterocycles. The van der Waals surface area contributed by atoms with Crippen LogP contribution in [0.4, 0.5) is 5.69 Å². The van der Waals surface area contributed by atoms with Gasteiger partial charge in [0.25, 0.3) is 0 Å². The minimum Gasteiger partial charge on any atom is -0.398 e. The molecular formula is C14H13IN2. The highest BCUT2D eigenvalue weighted by Crippen LogP contribution is 2.21. The minimum absolute atomic E-state index is 0.485. The predicted molar refractivity (Wildman–Crippen MR) is 80.7 cm³/mol. The molecule has 3 heteroatoms. The van der Waals surface area contributed by atoms with Gasteiger partial charge in [-0.3, -0.25) is 5.41 Å². The molecule has 0 radical (unpaired) electrons. The summed E-state index contributed by atoms with van der Waals surface area (Å²) in [6, 6.07) is 13.6. The lowest BCUT2D eigenvalue weighted by atomic mass is 9.97. The molecule has 0 aliphatic rings. The van der Waals surface area contributed by atoms with E-state index in [0.29, 0.717) is 11.4 Å². The summed E-state index contributed by atoms with van der Waals surface area (Å²) in [4.78, 5) is 0. The summed E-state index contributed by atoms with van der Waals surface area (Å²) in [5.74, 6) is 0. The Morgan fingerprint density at radius 3 is 2.53 bits per heavy atom. The first-order valence-corrected chi connectivity index (χ1v) is 6.37. The van der Waals surface area contributed by atoms with Crippen molar-refractivity contribution in [3.8, 4) is 0 Å². The number of rotatable bonds is 2. The van der Waals surface area contributed by atoms with Crippen molar-refractivity contribution in [1.82, 2.24) is 0 Å². The van der Waals surface area contributed by atoms with Crippen LogP contribution in [0.25, 0.3) is 0 Å². The number of nitrogens with two attached hydrogens (primary N) is 1. The summed E-state index contributed by atoms with van der Waals surface area (Å²) >= 11 is 2.23. The fraction of sp³-hybridized carbons (Fsp3) is 0.0714. The predicted octanol–water partition coefficient (Wildman–Crippen LogP) is 3.60. The molecular weight excluding hydrogens is 323 g/mol. The van der Waals surface area contributed by atoms with E-state index < -0.39 is 0 Å². The molecule has 0 aromatic heterocycles. The van der Waals surface area contributed by atoms with E-state index >= 15 is 0 Å². The maximum Gasteiger partial charge on any atom is 0.0708 e. The van der Waals surface area contributed by atoms with Crippen LogP contribution in [-0.4, -0.2) is 5.71 Å². The highest BCUT2D eigenvalue weighted by Gasteiger charge is 2.10. The summed E-state index contributed by atoms with van der Waals surface area (Å²) in [6.07, 6.45) is 0. The second-order valence-corrected chi connectivity index (χ2v) is 5.17. The molecule has 0 amide bonds. The standard InChI is InChI=1S/C14H13IN2/c1-9-4-2-3-5-11(9)14(17)12-8-10(15)6-7-13(12)16/h2-8,17H,16H2,1H3. The van der Waals surface area contributed by atoms with Crippen LogP contribution in [0.2, 0.25) is 0 Å². The Labute approximate surface area is 115 Å². The van der Waals surface area contributed by atoms with E-state index in [1.807, 2.05) is 49.4 Å². The molecule has 0 aliphatic carbocycles. The second kappa shape index (κ2) is 4.87. The Balaban J connectivity index is 2.51.